The zero-order valence-corrected chi connectivity index (χ0v) is 8.89. The number of rotatable bonds is 2. The number of aliphatic hydroxyl groups is 1. The molecular weight excluding hydrogens is 227 g/mol. The van der Waals surface area contributed by atoms with Crippen molar-refractivity contribution in [1.29, 1.82) is 0 Å². The van der Waals surface area contributed by atoms with Gasteiger partial charge < -0.3 is 9.84 Å². The van der Waals surface area contributed by atoms with Gasteiger partial charge in [-0.25, -0.2) is 0 Å². The molecule has 0 radical (unpaired) electrons. The first kappa shape index (κ1) is 11.3. The second-order valence-corrected chi connectivity index (χ2v) is 3.37. The summed E-state index contributed by atoms with van der Waals surface area (Å²) in [5.74, 6) is -0.272. The van der Waals surface area contributed by atoms with Gasteiger partial charge in [0.1, 0.15) is 5.75 Å². The third-order valence-corrected chi connectivity index (χ3v) is 2.33. The van der Waals surface area contributed by atoms with E-state index in [1.54, 1.807) is 0 Å². The fourth-order valence-electron chi connectivity index (χ4n) is 0.955. The van der Waals surface area contributed by atoms with Crippen LogP contribution in [0.15, 0.2) is 12.1 Å². The van der Waals surface area contributed by atoms with Gasteiger partial charge in [0.2, 0.25) is 0 Å². The molecule has 3 nitrogen and oxygen atoms in total. The van der Waals surface area contributed by atoms with Gasteiger partial charge >= 0.3 is 5.97 Å². The largest absolute Gasteiger partial charge is 0.425 e. The highest BCUT2D eigenvalue weighted by Crippen LogP contribution is 2.33. The summed E-state index contributed by atoms with van der Waals surface area (Å²) in [7, 11) is 0. The fourth-order valence-corrected chi connectivity index (χ4v) is 1.48. The van der Waals surface area contributed by atoms with E-state index in [2.05, 4.69) is 0 Å². The second-order valence-electron chi connectivity index (χ2n) is 2.59. The molecular formula is C9H8Cl2O3. The predicted molar refractivity (Wildman–Crippen MR) is 53.7 cm³/mol. The molecule has 0 spiro atoms. The lowest BCUT2D eigenvalue weighted by Gasteiger charge is -2.08. The van der Waals surface area contributed by atoms with E-state index in [1.807, 2.05) is 0 Å². The summed E-state index contributed by atoms with van der Waals surface area (Å²) in [4.78, 5) is 10.7. The monoisotopic (exact) mass is 234 g/mol. The quantitative estimate of drug-likeness (QED) is 0.632. The molecule has 0 heterocycles. The third kappa shape index (κ3) is 2.38. The number of halogens is 2. The van der Waals surface area contributed by atoms with Gasteiger partial charge in [0, 0.05) is 17.5 Å². The Hall–Kier alpha value is -0.770. The maximum Gasteiger partial charge on any atom is 0.308 e. The Morgan fingerprint density at radius 1 is 1.50 bits per heavy atom. The Morgan fingerprint density at radius 3 is 2.64 bits per heavy atom. The van der Waals surface area contributed by atoms with Crippen LogP contribution in [-0.2, 0) is 11.4 Å². The minimum atomic E-state index is -0.474. The van der Waals surface area contributed by atoms with Crippen molar-refractivity contribution in [3.63, 3.8) is 0 Å². The molecule has 0 aromatic heterocycles. The highest BCUT2D eigenvalue weighted by atomic mass is 35.5. The average Bonchev–Trinajstić information content (AvgIpc) is 2.10. The molecule has 1 aromatic rings. The molecule has 0 aliphatic rings. The number of ether oxygens (including phenoxy) is 1. The number of carbonyl (C=O) groups excluding carboxylic acids is 1. The van der Waals surface area contributed by atoms with E-state index in [4.69, 9.17) is 33.0 Å². The van der Waals surface area contributed by atoms with Crippen molar-refractivity contribution in [1.82, 2.24) is 0 Å². The molecule has 76 valence electrons. The summed E-state index contributed by atoms with van der Waals surface area (Å²) in [5, 5.41) is 9.45. The summed E-state index contributed by atoms with van der Waals surface area (Å²) in [6.07, 6.45) is 0. The highest BCUT2D eigenvalue weighted by molar-refractivity contribution is 6.37. The van der Waals surface area contributed by atoms with Crippen LogP contribution in [0.2, 0.25) is 10.0 Å². The molecule has 5 heteroatoms. The van der Waals surface area contributed by atoms with Crippen LogP contribution < -0.4 is 4.74 Å². The molecule has 0 atom stereocenters. The van der Waals surface area contributed by atoms with Crippen molar-refractivity contribution >= 4 is 29.2 Å². The fraction of sp³-hybridized carbons (Fsp3) is 0.222. The Labute approximate surface area is 91.2 Å². The maximum atomic E-state index is 10.7. The Balaban J connectivity index is 3.14. The molecule has 0 amide bonds. The van der Waals surface area contributed by atoms with Crippen molar-refractivity contribution in [3.8, 4) is 5.75 Å². The number of esters is 1. The zero-order valence-electron chi connectivity index (χ0n) is 7.38. The van der Waals surface area contributed by atoms with Gasteiger partial charge in [0.15, 0.2) is 0 Å². The first-order valence-electron chi connectivity index (χ1n) is 3.82. The molecule has 0 aliphatic carbocycles. The van der Waals surface area contributed by atoms with E-state index in [0.29, 0.717) is 10.6 Å². The number of hydrogen-bond acceptors (Lipinski definition) is 3. The van der Waals surface area contributed by atoms with Crippen molar-refractivity contribution in [2.24, 2.45) is 0 Å². The molecule has 1 rings (SSSR count). The normalized spacial score (nSPS) is 10.0. The van der Waals surface area contributed by atoms with E-state index in [-0.39, 0.29) is 17.4 Å². The average molecular weight is 235 g/mol. The SMILES string of the molecule is CC(=O)Oc1ccc(Cl)c(CO)c1Cl. The van der Waals surface area contributed by atoms with Crippen molar-refractivity contribution < 1.29 is 14.6 Å². The van der Waals surface area contributed by atoms with E-state index < -0.39 is 5.97 Å². The predicted octanol–water partition coefficient (Wildman–Crippen LogP) is 2.41. The molecule has 0 fully saturated rings. The van der Waals surface area contributed by atoms with Crippen molar-refractivity contribution in [3.05, 3.63) is 27.7 Å². The van der Waals surface area contributed by atoms with E-state index in [1.165, 1.54) is 19.1 Å². The third-order valence-electron chi connectivity index (χ3n) is 1.56. The minimum absolute atomic E-state index is 0.162. The molecule has 14 heavy (non-hydrogen) atoms. The van der Waals surface area contributed by atoms with Crippen LogP contribution in [-0.4, -0.2) is 11.1 Å². The zero-order chi connectivity index (χ0) is 10.7. The molecule has 0 aliphatic heterocycles. The maximum absolute atomic E-state index is 10.7. The van der Waals surface area contributed by atoms with Gasteiger partial charge in [0.05, 0.1) is 11.6 Å². The number of aliphatic hydroxyl groups excluding tert-OH is 1. The smallest absolute Gasteiger partial charge is 0.308 e. The van der Waals surface area contributed by atoms with Gasteiger partial charge in [-0.15, -0.1) is 0 Å². The molecule has 0 saturated carbocycles. The molecule has 0 saturated heterocycles. The number of hydrogen-bond donors (Lipinski definition) is 1. The molecule has 0 unspecified atom stereocenters. The van der Waals surface area contributed by atoms with Crippen LogP contribution in [0.3, 0.4) is 0 Å². The first-order chi connectivity index (χ1) is 6.56. The van der Waals surface area contributed by atoms with Gasteiger partial charge in [-0.2, -0.15) is 0 Å². The van der Waals surface area contributed by atoms with Gasteiger partial charge in [-0.05, 0) is 12.1 Å². The lowest BCUT2D eigenvalue weighted by Crippen LogP contribution is -2.03. The van der Waals surface area contributed by atoms with Gasteiger partial charge in [0.25, 0.3) is 0 Å². The van der Waals surface area contributed by atoms with E-state index in [9.17, 15) is 4.79 Å². The van der Waals surface area contributed by atoms with Crippen molar-refractivity contribution in [2.45, 2.75) is 13.5 Å². The van der Waals surface area contributed by atoms with Crippen LogP contribution in [0, 0.1) is 0 Å². The van der Waals surface area contributed by atoms with Crippen LogP contribution in [0.4, 0.5) is 0 Å². The molecule has 1 N–H and O–H groups in total. The highest BCUT2D eigenvalue weighted by Gasteiger charge is 2.11. The van der Waals surface area contributed by atoms with Crippen LogP contribution >= 0.6 is 23.2 Å². The number of benzene rings is 1. The minimum Gasteiger partial charge on any atom is -0.425 e. The standard InChI is InChI=1S/C9H8Cl2O3/c1-5(13)14-8-3-2-7(10)6(4-12)9(8)11/h2-3,12H,4H2,1H3. The van der Waals surface area contributed by atoms with E-state index in [0.717, 1.165) is 0 Å². The lowest BCUT2D eigenvalue weighted by molar-refractivity contribution is -0.131. The summed E-state index contributed by atoms with van der Waals surface area (Å²) in [6.45, 7) is 0.969. The Kier molecular flexibility index (Phi) is 3.75. The van der Waals surface area contributed by atoms with Crippen LogP contribution in [0.1, 0.15) is 12.5 Å². The van der Waals surface area contributed by atoms with E-state index >= 15 is 0 Å². The number of carbonyl (C=O) groups is 1. The summed E-state index contributed by atoms with van der Waals surface area (Å²) >= 11 is 11.6. The lowest BCUT2D eigenvalue weighted by atomic mass is 10.2. The summed E-state index contributed by atoms with van der Waals surface area (Å²) < 4.78 is 4.80. The topological polar surface area (TPSA) is 46.5 Å². The van der Waals surface area contributed by atoms with Crippen LogP contribution in [0.25, 0.3) is 0 Å². The van der Waals surface area contributed by atoms with Crippen molar-refractivity contribution in [2.75, 3.05) is 0 Å². The first-order valence-corrected chi connectivity index (χ1v) is 4.58. The molecule has 1 aromatic carbocycles. The van der Waals surface area contributed by atoms with Crippen LogP contribution in [0.5, 0.6) is 5.75 Å². The van der Waals surface area contributed by atoms with Gasteiger partial charge in [-0.1, -0.05) is 23.2 Å². The second kappa shape index (κ2) is 4.64. The molecule has 0 bridgehead atoms. The Morgan fingerprint density at radius 2 is 2.14 bits per heavy atom. The Bertz CT molecular complexity index is 363. The van der Waals surface area contributed by atoms with Gasteiger partial charge in [-0.3, -0.25) is 4.79 Å². The summed E-state index contributed by atoms with van der Waals surface area (Å²) in [5.41, 5.74) is 0.354. The summed E-state index contributed by atoms with van der Waals surface area (Å²) in [6, 6.07) is 2.99.